The smallest absolute Gasteiger partial charge is 0.240 e. The molecule has 1 aromatic heterocycles. The maximum absolute atomic E-state index is 12.1. The molecule has 0 aliphatic heterocycles. The molecule has 2 rings (SSSR count). The van der Waals surface area contributed by atoms with Crippen molar-refractivity contribution >= 4 is 21.4 Å². The summed E-state index contributed by atoms with van der Waals surface area (Å²) in [6.45, 7) is 0.987. The van der Waals surface area contributed by atoms with E-state index in [0.717, 1.165) is 0 Å². The van der Waals surface area contributed by atoms with Gasteiger partial charge in [0.1, 0.15) is 12.4 Å². The first-order valence-electron chi connectivity index (χ1n) is 5.91. The number of nitrogens with two attached hydrogens (primary N) is 1. The van der Waals surface area contributed by atoms with Gasteiger partial charge >= 0.3 is 0 Å². The summed E-state index contributed by atoms with van der Waals surface area (Å²) in [4.78, 5) is 4.21. The van der Waals surface area contributed by atoms with E-state index in [4.69, 9.17) is 10.5 Å². The minimum atomic E-state index is -3.54. The second-order valence-electron chi connectivity index (χ2n) is 3.91. The minimum Gasteiger partial charge on any atom is -0.492 e. The van der Waals surface area contributed by atoms with Crippen LogP contribution in [0.4, 0.5) is 0 Å². The van der Waals surface area contributed by atoms with Crippen LogP contribution in [0.3, 0.4) is 0 Å². The van der Waals surface area contributed by atoms with Crippen molar-refractivity contribution in [1.82, 2.24) is 9.71 Å². The monoisotopic (exact) mass is 313 g/mol. The number of ether oxygens (including phenoxy) is 1. The van der Waals surface area contributed by atoms with E-state index >= 15 is 0 Å². The van der Waals surface area contributed by atoms with Crippen LogP contribution in [0.1, 0.15) is 5.69 Å². The highest BCUT2D eigenvalue weighted by molar-refractivity contribution is 7.89. The van der Waals surface area contributed by atoms with Crippen LogP contribution in [0, 0.1) is 0 Å². The van der Waals surface area contributed by atoms with Crippen molar-refractivity contribution in [2.24, 2.45) is 5.73 Å². The highest BCUT2D eigenvalue weighted by Crippen LogP contribution is 2.16. The van der Waals surface area contributed by atoms with Gasteiger partial charge in [0, 0.05) is 11.9 Å². The Morgan fingerprint density at radius 1 is 1.30 bits per heavy atom. The number of nitrogens with zero attached hydrogens (tertiary/aromatic N) is 1. The van der Waals surface area contributed by atoms with E-state index in [9.17, 15) is 8.42 Å². The predicted octanol–water partition coefficient (Wildman–Crippen LogP) is 0.959. The van der Waals surface area contributed by atoms with E-state index in [0.29, 0.717) is 24.6 Å². The number of thiazole rings is 1. The molecule has 1 aromatic carbocycles. The molecular weight excluding hydrogens is 298 g/mol. The first-order chi connectivity index (χ1) is 9.62. The normalized spacial score (nSPS) is 11.4. The Bertz CT molecular complexity index is 624. The van der Waals surface area contributed by atoms with Crippen LogP contribution in [-0.2, 0) is 16.6 Å². The summed E-state index contributed by atoms with van der Waals surface area (Å²) in [5, 5.41) is 1.80. The maximum Gasteiger partial charge on any atom is 0.240 e. The average Bonchev–Trinajstić information content (AvgIpc) is 2.97. The lowest BCUT2D eigenvalue weighted by Crippen LogP contribution is -2.23. The van der Waals surface area contributed by atoms with Gasteiger partial charge in [0.05, 0.1) is 22.6 Å². The Balaban J connectivity index is 2.01. The quantitative estimate of drug-likeness (QED) is 0.794. The van der Waals surface area contributed by atoms with Crippen molar-refractivity contribution in [3.63, 3.8) is 0 Å². The van der Waals surface area contributed by atoms with Crippen molar-refractivity contribution in [3.8, 4) is 5.75 Å². The molecule has 0 saturated carbocycles. The van der Waals surface area contributed by atoms with E-state index in [1.54, 1.807) is 23.0 Å². The molecule has 20 heavy (non-hydrogen) atoms. The maximum atomic E-state index is 12.1. The number of aromatic nitrogens is 1. The Morgan fingerprint density at radius 3 is 2.65 bits per heavy atom. The zero-order valence-corrected chi connectivity index (χ0v) is 12.3. The fourth-order valence-electron chi connectivity index (χ4n) is 1.47. The molecule has 0 fully saturated rings. The summed E-state index contributed by atoms with van der Waals surface area (Å²) in [7, 11) is -3.54. The van der Waals surface area contributed by atoms with Crippen LogP contribution < -0.4 is 15.2 Å². The summed E-state index contributed by atoms with van der Waals surface area (Å²) in [6.07, 6.45) is 0. The van der Waals surface area contributed by atoms with Crippen LogP contribution >= 0.6 is 11.3 Å². The topological polar surface area (TPSA) is 94.3 Å². The molecule has 0 amide bonds. The molecule has 0 bridgehead atoms. The minimum absolute atomic E-state index is 0.178. The van der Waals surface area contributed by atoms with Gasteiger partial charge in [-0.2, -0.15) is 0 Å². The van der Waals surface area contributed by atoms with Gasteiger partial charge in [-0.25, -0.2) is 18.1 Å². The summed E-state index contributed by atoms with van der Waals surface area (Å²) < 4.78 is 31.9. The van der Waals surface area contributed by atoms with Crippen molar-refractivity contribution in [3.05, 3.63) is 40.8 Å². The Hall–Kier alpha value is -1.48. The van der Waals surface area contributed by atoms with Crippen LogP contribution in [0.15, 0.2) is 40.1 Å². The van der Waals surface area contributed by atoms with Gasteiger partial charge in [0.2, 0.25) is 10.0 Å². The molecule has 6 nitrogen and oxygen atoms in total. The van der Waals surface area contributed by atoms with Crippen molar-refractivity contribution in [2.75, 3.05) is 13.2 Å². The number of rotatable bonds is 7. The van der Waals surface area contributed by atoms with Gasteiger partial charge < -0.3 is 10.5 Å². The predicted molar refractivity (Wildman–Crippen MR) is 77.1 cm³/mol. The third-order valence-corrected chi connectivity index (χ3v) is 4.50. The zero-order chi connectivity index (χ0) is 14.4. The molecule has 0 aliphatic carbocycles. The molecular formula is C12H15N3O3S2. The summed E-state index contributed by atoms with van der Waals surface area (Å²) in [5.41, 5.74) is 7.68. The molecule has 0 saturated heterocycles. The molecule has 1 heterocycles. The molecule has 0 atom stereocenters. The van der Waals surface area contributed by atoms with E-state index in [1.807, 2.05) is 0 Å². The zero-order valence-electron chi connectivity index (χ0n) is 10.7. The fourth-order valence-corrected chi connectivity index (χ4v) is 3.03. The SMILES string of the molecule is NCCOc1ccc(S(=O)(=O)NCc2cscn2)cc1. The number of hydrogen-bond donors (Lipinski definition) is 2. The highest BCUT2D eigenvalue weighted by atomic mass is 32.2. The largest absolute Gasteiger partial charge is 0.492 e. The molecule has 0 aliphatic rings. The van der Waals surface area contributed by atoms with Crippen molar-refractivity contribution < 1.29 is 13.2 Å². The van der Waals surface area contributed by atoms with Crippen molar-refractivity contribution in [2.45, 2.75) is 11.4 Å². The summed E-state index contributed by atoms with van der Waals surface area (Å²) >= 11 is 1.42. The van der Waals surface area contributed by atoms with E-state index in [-0.39, 0.29) is 11.4 Å². The standard InChI is InChI=1S/C12H15N3O3S2/c13-5-6-18-11-1-3-12(4-2-11)20(16,17)15-7-10-8-19-9-14-10/h1-4,8-9,15H,5-7,13H2. The second-order valence-corrected chi connectivity index (χ2v) is 6.40. The molecule has 8 heteroatoms. The lowest BCUT2D eigenvalue weighted by atomic mass is 10.3. The molecule has 0 radical (unpaired) electrons. The number of benzene rings is 1. The lowest BCUT2D eigenvalue weighted by Gasteiger charge is -2.07. The van der Waals surface area contributed by atoms with Gasteiger partial charge in [-0.3, -0.25) is 0 Å². The molecule has 0 unspecified atom stereocenters. The number of hydrogen-bond acceptors (Lipinski definition) is 6. The lowest BCUT2D eigenvalue weighted by molar-refractivity contribution is 0.328. The van der Waals surface area contributed by atoms with Gasteiger partial charge in [-0.15, -0.1) is 11.3 Å². The second kappa shape index (κ2) is 6.80. The summed E-state index contributed by atoms with van der Waals surface area (Å²) in [5.74, 6) is 0.592. The van der Waals surface area contributed by atoms with Gasteiger partial charge in [-0.1, -0.05) is 0 Å². The van der Waals surface area contributed by atoms with Crippen LogP contribution in [0.2, 0.25) is 0 Å². The van der Waals surface area contributed by atoms with E-state index < -0.39 is 10.0 Å². The number of nitrogens with one attached hydrogen (secondary N) is 1. The van der Waals surface area contributed by atoms with E-state index in [2.05, 4.69) is 9.71 Å². The van der Waals surface area contributed by atoms with Crippen LogP contribution in [-0.4, -0.2) is 26.6 Å². The van der Waals surface area contributed by atoms with E-state index in [1.165, 1.54) is 23.5 Å². The molecule has 0 spiro atoms. The molecule has 2 aromatic rings. The molecule has 108 valence electrons. The third kappa shape index (κ3) is 4.01. The highest BCUT2D eigenvalue weighted by Gasteiger charge is 2.14. The average molecular weight is 313 g/mol. The summed E-state index contributed by atoms with van der Waals surface area (Å²) in [6, 6.07) is 6.20. The van der Waals surface area contributed by atoms with Crippen LogP contribution in [0.25, 0.3) is 0 Å². The first-order valence-corrected chi connectivity index (χ1v) is 8.34. The first kappa shape index (κ1) is 14.9. The Labute approximate surface area is 121 Å². The van der Waals surface area contributed by atoms with Gasteiger partial charge in [-0.05, 0) is 24.3 Å². The number of sulfonamides is 1. The molecule has 3 N–H and O–H groups in total. The Kier molecular flexibility index (Phi) is 5.07. The van der Waals surface area contributed by atoms with Crippen LogP contribution in [0.5, 0.6) is 5.75 Å². The van der Waals surface area contributed by atoms with Gasteiger partial charge in [0.15, 0.2) is 0 Å². The fraction of sp³-hybridized carbons (Fsp3) is 0.250. The van der Waals surface area contributed by atoms with Crippen molar-refractivity contribution in [1.29, 1.82) is 0 Å². The Morgan fingerprint density at radius 2 is 2.05 bits per heavy atom. The van der Waals surface area contributed by atoms with Gasteiger partial charge in [0.25, 0.3) is 0 Å². The third-order valence-electron chi connectivity index (χ3n) is 2.45.